The molecule has 8 heteroatoms. The van der Waals surface area contributed by atoms with Gasteiger partial charge in [-0.05, 0) is 5.92 Å². The van der Waals surface area contributed by atoms with Crippen molar-refractivity contribution >= 4 is 16.7 Å². The largest absolute Gasteiger partial charge is 0.452 e. The van der Waals surface area contributed by atoms with Gasteiger partial charge in [0.1, 0.15) is 0 Å². The lowest BCUT2D eigenvalue weighted by Crippen LogP contribution is -2.33. The van der Waals surface area contributed by atoms with E-state index in [1.165, 1.54) is 0 Å². The summed E-state index contributed by atoms with van der Waals surface area (Å²) in [5, 5.41) is 2.88. The van der Waals surface area contributed by atoms with Crippen molar-refractivity contribution in [3.05, 3.63) is 5.82 Å². The summed E-state index contributed by atoms with van der Waals surface area (Å²) < 4.78 is 39.7. The second-order valence-electron chi connectivity index (χ2n) is 3.71. The number of nitrogens with one attached hydrogen (secondary N) is 1. The van der Waals surface area contributed by atoms with Crippen molar-refractivity contribution < 1.29 is 13.2 Å². The van der Waals surface area contributed by atoms with Crippen LogP contribution in [0, 0.1) is 5.92 Å². The van der Waals surface area contributed by atoms with Crippen molar-refractivity contribution in [2.75, 3.05) is 11.9 Å². The molecule has 1 aromatic rings. The molecule has 0 aromatic carbocycles. The first kappa shape index (κ1) is 13.2. The van der Waals surface area contributed by atoms with Crippen LogP contribution in [0.2, 0.25) is 0 Å². The molecule has 1 unspecified atom stereocenters. The maximum Gasteiger partial charge on any atom is 0.452 e. The molecule has 3 N–H and O–H groups in total. The molecule has 0 fully saturated rings. The fourth-order valence-corrected chi connectivity index (χ4v) is 1.44. The van der Waals surface area contributed by atoms with E-state index in [4.69, 9.17) is 5.73 Å². The van der Waals surface area contributed by atoms with Gasteiger partial charge in [0.25, 0.3) is 0 Å². The number of nitrogens with two attached hydrogens (primary N) is 1. The molecule has 0 saturated carbocycles. The third-order valence-electron chi connectivity index (χ3n) is 2.02. The first-order chi connectivity index (χ1) is 7.30. The van der Waals surface area contributed by atoms with Crippen LogP contribution in [0.3, 0.4) is 0 Å². The zero-order valence-electron chi connectivity index (χ0n) is 8.88. The first-order valence-corrected chi connectivity index (χ1v) is 5.48. The lowest BCUT2D eigenvalue weighted by atomic mass is 10.1. The van der Waals surface area contributed by atoms with Gasteiger partial charge in [0, 0.05) is 24.1 Å². The lowest BCUT2D eigenvalue weighted by molar-refractivity contribution is -0.144. The molecule has 0 aliphatic rings. The lowest BCUT2D eigenvalue weighted by Gasteiger charge is -2.15. The highest BCUT2D eigenvalue weighted by atomic mass is 32.1. The summed E-state index contributed by atoms with van der Waals surface area (Å²) in [5.74, 6) is -0.861. The summed E-state index contributed by atoms with van der Waals surface area (Å²) in [6.45, 7) is 4.26. The summed E-state index contributed by atoms with van der Waals surface area (Å²) in [4.78, 5) is 3.33. The molecule has 0 aliphatic heterocycles. The number of rotatable bonds is 4. The highest BCUT2D eigenvalue weighted by Crippen LogP contribution is 2.28. The number of hydrogen-bond acceptors (Lipinski definition) is 5. The minimum Gasteiger partial charge on any atom is -0.359 e. The van der Waals surface area contributed by atoms with Gasteiger partial charge in [-0.1, -0.05) is 13.8 Å². The molecule has 0 saturated heterocycles. The molecule has 0 spiro atoms. The second kappa shape index (κ2) is 4.96. The topological polar surface area (TPSA) is 63.8 Å². The Morgan fingerprint density at radius 1 is 1.44 bits per heavy atom. The predicted molar refractivity (Wildman–Crippen MR) is 56.2 cm³/mol. The zero-order valence-corrected chi connectivity index (χ0v) is 9.69. The van der Waals surface area contributed by atoms with Crippen LogP contribution < -0.4 is 11.1 Å². The minimum atomic E-state index is -4.49. The third-order valence-corrected chi connectivity index (χ3v) is 2.70. The van der Waals surface area contributed by atoms with Crippen LogP contribution in [0.4, 0.5) is 18.3 Å². The van der Waals surface area contributed by atoms with Crippen molar-refractivity contribution in [2.45, 2.75) is 26.1 Å². The van der Waals surface area contributed by atoms with Crippen LogP contribution >= 0.6 is 11.5 Å². The van der Waals surface area contributed by atoms with Crippen LogP contribution in [-0.4, -0.2) is 21.9 Å². The van der Waals surface area contributed by atoms with Crippen molar-refractivity contribution in [3.8, 4) is 0 Å². The monoisotopic (exact) mass is 254 g/mol. The van der Waals surface area contributed by atoms with Crippen LogP contribution in [0.1, 0.15) is 19.7 Å². The van der Waals surface area contributed by atoms with Crippen molar-refractivity contribution in [1.29, 1.82) is 0 Å². The SMILES string of the molecule is CC(C)C(N)CNc1nc(C(F)(F)F)ns1. The molecule has 0 radical (unpaired) electrons. The molecule has 0 aliphatic carbocycles. The minimum absolute atomic E-state index is 0.127. The maximum atomic E-state index is 12.2. The van der Waals surface area contributed by atoms with Crippen molar-refractivity contribution in [3.63, 3.8) is 0 Å². The van der Waals surface area contributed by atoms with Gasteiger partial charge in [-0.15, -0.1) is 0 Å². The number of halogens is 3. The fraction of sp³-hybridized carbons (Fsp3) is 0.750. The number of anilines is 1. The predicted octanol–water partition coefficient (Wildman–Crippen LogP) is 1.95. The molecule has 4 nitrogen and oxygen atoms in total. The Morgan fingerprint density at radius 2 is 2.06 bits per heavy atom. The Kier molecular flexibility index (Phi) is 4.09. The molecule has 1 atom stereocenters. The van der Waals surface area contributed by atoms with E-state index in [0.29, 0.717) is 18.1 Å². The number of aromatic nitrogens is 2. The van der Waals surface area contributed by atoms with Gasteiger partial charge in [-0.2, -0.15) is 22.5 Å². The number of hydrogen-bond donors (Lipinski definition) is 2. The van der Waals surface area contributed by atoms with E-state index in [-0.39, 0.29) is 17.1 Å². The van der Waals surface area contributed by atoms with Crippen LogP contribution in [-0.2, 0) is 6.18 Å². The van der Waals surface area contributed by atoms with E-state index in [0.717, 1.165) is 0 Å². The van der Waals surface area contributed by atoms with Gasteiger partial charge in [-0.3, -0.25) is 0 Å². The number of alkyl halides is 3. The summed E-state index contributed by atoms with van der Waals surface area (Å²) in [6.07, 6.45) is -4.49. The second-order valence-corrected chi connectivity index (χ2v) is 4.46. The molecule has 1 heterocycles. The summed E-state index contributed by atoms with van der Waals surface area (Å²) >= 11 is 0.682. The van der Waals surface area contributed by atoms with E-state index in [1.807, 2.05) is 13.8 Å². The summed E-state index contributed by atoms with van der Waals surface area (Å²) in [6, 6.07) is -0.127. The molecule has 0 bridgehead atoms. The standard InChI is InChI=1S/C8H13F3N4S/c1-4(2)5(12)3-13-7-14-6(15-16-7)8(9,10)11/h4-5H,3,12H2,1-2H3,(H,13,14,15). The highest BCUT2D eigenvalue weighted by molar-refractivity contribution is 7.09. The van der Waals surface area contributed by atoms with Gasteiger partial charge >= 0.3 is 6.18 Å². The van der Waals surface area contributed by atoms with Gasteiger partial charge in [0.05, 0.1) is 0 Å². The van der Waals surface area contributed by atoms with Gasteiger partial charge < -0.3 is 11.1 Å². The van der Waals surface area contributed by atoms with Crippen LogP contribution in [0.15, 0.2) is 0 Å². The molecular weight excluding hydrogens is 241 g/mol. The fourth-order valence-electron chi connectivity index (χ4n) is 0.851. The molecule has 0 amide bonds. The first-order valence-electron chi connectivity index (χ1n) is 4.71. The Hall–Kier alpha value is -0.890. The quantitative estimate of drug-likeness (QED) is 0.862. The molecular formula is C8H13F3N4S. The molecule has 16 heavy (non-hydrogen) atoms. The van der Waals surface area contributed by atoms with Crippen molar-refractivity contribution in [2.24, 2.45) is 11.7 Å². The molecule has 92 valence electrons. The third kappa shape index (κ3) is 3.60. The van der Waals surface area contributed by atoms with Crippen molar-refractivity contribution in [1.82, 2.24) is 9.36 Å². The van der Waals surface area contributed by atoms with Crippen LogP contribution in [0.25, 0.3) is 0 Å². The summed E-state index contributed by atoms with van der Waals surface area (Å²) in [5.41, 5.74) is 5.73. The van der Waals surface area contributed by atoms with Gasteiger partial charge in [0.15, 0.2) is 0 Å². The van der Waals surface area contributed by atoms with E-state index in [9.17, 15) is 13.2 Å². The Morgan fingerprint density at radius 3 is 2.50 bits per heavy atom. The van der Waals surface area contributed by atoms with Gasteiger partial charge in [0.2, 0.25) is 11.0 Å². The van der Waals surface area contributed by atoms with E-state index >= 15 is 0 Å². The number of nitrogens with zero attached hydrogens (tertiary/aromatic N) is 2. The van der Waals surface area contributed by atoms with E-state index in [2.05, 4.69) is 14.7 Å². The normalized spacial score (nSPS) is 14.2. The Balaban J connectivity index is 2.53. The average molecular weight is 254 g/mol. The average Bonchev–Trinajstić information content (AvgIpc) is 2.61. The van der Waals surface area contributed by atoms with Crippen LogP contribution in [0.5, 0.6) is 0 Å². The molecule has 1 rings (SSSR count). The van der Waals surface area contributed by atoms with Gasteiger partial charge in [-0.25, -0.2) is 0 Å². The molecule has 1 aromatic heterocycles. The Labute approximate surface area is 95.2 Å². The smallest absolute Gasteiger partial charge is 0.359 e. The summed E-state index contributed by atoms with van der Waals surface area (Å²) in [7, 11) is 0. The maximum absolute atomic E-state index is 12.2. The zero-order chi connectivity index (χ0) is 12.3. The Bertz CT molecular complexity index is 336. The van der Waals surface area contributed by atoms with E-state index < -0.39 is 12.0 Å². The van der Waals surface area contributed by atoms with E-state index in [1.54, 1.807) is 0 Å². The highest BCUT2D eigenvalue weighted by Gasteiger charge is 2.36.